The van der Waals surface area contributed by atoms with Crippen LogP contribution in [0.4, 0.5) is 17.3 Å². The van der Waals surface area contributed by atoms with Gasteiger partial charge in [0.15, 0.2) is 0 Å². The number of halogens is 1. The third kappa shape index (κ3) is 3.73. The normalized spacial score (nSPS) is 14.5. The molecule has 0 unspecified atom stereocenters. The lowest BCUT2D eigenvalue weighted by Gasteiger charge is -2.14. The number of anilines is 2. The van der Waals surface area contributed by atoms with E-state index in [2.05, 4.69) is 20.6 Å². The van der Waals surface area contributed by atoms with Crippen molar-refractivity contribution in [1.29, 1.82) is 0 Å². The Labute approximate surface area is 144 Å². The van der Waals surface area contributed by atoms with Crippen molar-refractivity contribution >= 4 is 28.9 Å². The topological polar surface area (TPSA) is 93.0 Å². The molecule has 0 spiro atoms. The average molecular weight is 348 g/mol. The molecule has 0 atom stereocenters. The molecule has 8 heteroatoms. The van der Waals surface area contributed by atoms with Gasteiger partial charge in [-0.1, -0.05) is 42.6 Å². The summed E-state index contributed by atoms with van der Waals surface area (Å²) < 4.78 is 0. The molecule has 2 aromatic rings. The van der Waals surface area contributed by atoms with E-state index in [-0.39, 0.29) is 23.4 Å². The Balaban J connectivity index is 1.81. The van der Waals surface area contributed by atoms with Gasteiger partial charge in [0.05, 0.1) is 4.92 Å². The largest absolute Gasteiger partial charge is 0.361 e. The number of nitrogens with zero attached hydrogens (tertiary/aromatic N) is 3. The molecule has 0 bridgehead atoms. The lowest BCUT2D eigenvalue weighted by molar-refractivity contribution is -0.383. The minimum absolute atomic E-state index is 0.128. The van der Waals surface area contributed by atoms with Gasteiger partial charge in [0.1, 0.15) is 6.33 Å². The van der Waals surface area contributed by atoms with E-state index >= 15 is 0 Å². The summed E-state index contributed by atoms with van der Waals surface area (Å²) in [7, 11) is 0. The quantitative estimate of drug-likeness (QED) is 0.606. The third-order valence-corrected chi connectivity index (χ3v) is 4.47. The predicted molar refractivity (Wildman–Crippen MR) is 93.3 cm³/mol. The van der Waals surface area contributed by atoms with E-state index in [0.717, 1.165) is 31.2 Å². The maximum Gasteiger partial charge on any atom is 0.353 e. The molecule has 0 amide bonds. The lowest BCUT2D eigenvalue weighted by Crippen LogP contribution is -2.18. The van der Waals surface area contributed by atoms with Crippen molar-refractivity contribution in [1.82, 2.24) is 9.97 Å². The summed E-state index contributed by atoms with van der Waals surface area (Å²) in [6.07, 6.45) is 5.61. The highest BCUT2D eigenvalue weighted by molar-refractivity contribution is 6.31. The van der Waals surface area contributed by atoms with E-state index in [4.69, 9.17) is 11.6 Å². The average Bonchev–Trinajstić information content (AvgIpc) is 3.07. The second kappa shape index (κ2) is 7.44. The number of hydrogen-bond donors (Lipinski definition) is 2. The SMILES string of the molecule is O=[N+]([O-])c1c(NCc2ccccc2Cl)ncnc1NC1CCCC1. The van der Waals surface area contributed by atoms with Gasteiger partial charge in [0.25, 0.3) is 0 Å². The number of nitro groups is 1. The summed E-state index contributed by atoms with van der Waals surface area (Å²) in [5.41, 5.74) is 0.717. The van der Waals surface area contributed by atoms with E-state index in [1.54, 1.807) is 6.07 Å². The predicted octanol–water partition coefficient (Wildman–Crippen LogP) is 4.00. The van der Waals surface area contributed by atoms with Gasteiger partial charge in [-0.15, -0.1) is 0 Å². The van der Waals surface area contributed by atoms with Crippen LogP contribution in [0.25, 0.3) is 0 Å². The van der Waals surface area contributed by atoms with E-state index in [9.17, 15) is 10.1 Å². The standard InChI is InChI=1S/C16H18ClN5O2/c17-13-8-4-1-5-11(13)9-18-15-14(22(23)24)16(20-10-19-15)21-12-6-2-3-7-12/h1,4-5,8,10,12H,2-3,6-7,9H2,(H2,18,19,20,21). The molecule has 1 aliphatic carbocycles. The molecule has 1 aliphatic rings. The summed E-state index contributed by atoms with van der Waals surface area (Å²) in [5, 5.41) is 18.3. The van der Waals surface area contributed by atoms with E-state index in [1.807, 2.05) is 18.2 Å². The van der Waals surface area contributed by atoms with Crippen molar-refractivity contribution in [3.63, 3.8) is 0 Å². The van der Waals surface area contributed by atoms with E-state index < -0.39 is 4.92 Å². The molecule has 0 aliphatic heterocycles. The highest BCUT2D eigenvalue weighted by Crippen LogP contribution is 2.32. The molecule has 7 nitrogen and oxygen atoms in total. The Hall–Kier alpha value is -2.41. The summed E-state index contributed by atoms with van der Waals surface area (Å²) in [5.74, 6) is 0.457. The molecule has 1 heterocycles. The Morgan fingerprint density at radius 1 is 1.21 bits per heavy atom. The number of rotatable bonds is 6. The van der Waals surface area contributed by atoms with Gasteiger partial charge in [0.2, 0.25) is 11.6 Å². The fourth-order valence-corrected chi connectivity index (χ4v) is 3.07. The molecule has 1 aromatic heterocycles. The van der Waals surface area contributed by atoms with Crippen LogP contribution in [-0.4, -0.2) is 20.9 Å². The number of benzene rings is 1. The van der Waals surface area contributed by atoms with Crippen molar-refractivity contribution in [2.75, 3.05) is 10.6 Å². The summed E-state index contributed by atoms with van der Waals surface area (Å²) in [6, 6.07) is 7.57. The second-order valence-corrected chi connectivity index (χ2v) is 6.15. The summed E-state index contributed by atoms with van der Waals surface area (Å²) >= 11 is 6.12. The van der Waals surface area contributed by atoms with Crippen LogP contribution < -0.4 is 10.6 Å². The first-order valence-corrected chi connectivity index (χ1v) is 8.26. The van der Waals surface area contributed by atoms with Crippen LogP contribution in [0.2, 0.25) is 5.02 Å². The van der Waals surface area contributed by atoms with Crippen LogP contribution >= 0.6 is 11.6 Å². The van der Waals surface area contributed by atoms with E-state index in [1.165, 1.54) is 6.33 Å². The zero-order chi connectivity index (χ0) is 16.9. The molecular formula is C16H18ClN5O2. The Bertz CT molecular complexity index is 734. The van der Waals surface area contributed by atoms with Crippen LogP contribution in [0.5, 0.6) is 0 Å². The van der Waals surface area contributed by atoms with Gasteiger partial charge in [-0.2, -0.15) is 0 Å². The highest BCUT2D eigenvalue weighted by atomic mass is 35.5. The minimum atomic E-state index is -0.452. The van der Waals surface area contributed by atoms with Crippen LogP contribution in [0.1, 0.15) is 31.2 Å². The molecule has 24 heavy (non-hydrogen) atoms. The molecule has 0 saturated heterocycles. The maximum absolute atomic E-state index is 11.5. The van der Waals surface area contributed by atoms with Crippen LogP contribution in [-0.2, 0) is 6.54 Å². The van der Waals surface area contributed by atoms with Crippen molar-refractivity contribution < 1.29 is 4.92 Å². The van der Waals surface area contributed by atoms with Crippen molar-refractivity contribution in [3.8, 4) is 0 Å². The smallest absolute Gasteiger partial charge is 0.353 e. The summed E-state index contributed by atoms with van der Waals surface area (Å²) in [6.45, 7) is 0.348. The maximum atomic E-state index is 11.5. The number of hydrogen-bond acceptors (Lipinski definition) is 6. The van der Waals surface area contributed by atoms with Crippen LogP contribution in [0, 0.1) is 10.1 Å². The lowest BCUT2D eigenvalue weighted by atomic mass is 10.2. The Kier molecular flexibility index (Phi) is 5.10. The third-order valence-electron chi connectivity index (χ3n) is 4.10. The van der Waals surface area contributed by atoms with Crippen molar-refractivity contribution in [2.24, 2.45) is 0 Å². The van der Waals surface area contributed by atoms with Gasteiger partial charge in [0, 0.05) is 17.6 Å². The highest BCUT2D eigenvalue weighted by Gasteiger charge is 2.26. The second-order valence-electron chi connectivity index (χ2n) is 5.75. The van der Waals surface area contributed by atoms with Crippen molar-refractivity contribution in [3.05, 3.63) is 51.3 Å². The Morgan fingerprint density at radius 3 is 2.62 bits per heavy atom. The van der Waals surface area contributed by atoms with Crippen LogP contribution in [0.15, 0.2) is 30.6 Å². The van der Waals surface area contributed by atoms with Gasteiger partial charge in [-0.05, 0) is 24.5 Å². The zero-order valence-electron chi connectivity index (χ0n) is 13.0. The van der Waals surface area contributed by atoms with E-state index in [0.29, 0.717) is 11.6 Å². The van der Waals surface area contributed by atoms with Crippen LogP contribution in [0.3, 0.4) is 0 Å². The molecule has 2 N–H and O–H groups in total. The fourth-order valence-electron chi connectivity index (χ4n) is 2.87. The first kappa shape index (κ1) is 16.4. The number of nitrogens with one attached hydrogen (secondary N) is 2. The first-order chi connectivity index (χ1) is 11.6. The Morgan fingerprint density at radius 2 is 1.92 bits per heavy atom. The zero-order valence-corrected chi connectivity index (χ0v) is 13.8. The monoisotopic (exact) mass is 347 g/mol. The molecule has 126 valence electrons. The van der Waals surface area contributed by atoms with Crippen molar-refractivity contribution in [2.45, 2.75) is 38.3 Å². The minimum Gasteiger partial charge on any atom is -0.361 e. The molecule has 0 radical (unpaired) electrons. The molecular weight excluding hydrogens is 330 g/mol. The first-order valence-electron chi connectivity index (χ1n) is 7.88. The number of aromatic nitrogens is 2. The van der Waals surface area contributed by atoms with Gasteiger partial charge in [-0.25, -0.2) is 9.97 Å². The molecule has 1 fully saturated rings. The fraction of sp³-hybridized carbons (Fsp3) is 0.375. The molecule has 1 aromatic carbocycles. The molecule has 1 saturated carbocycles. The summed E-state index contributed by atoms with van der Waals surface area (Å²) in [4.78, 5) is 19.2. The van der Waals surface area contributed by atoms with Gasteiger partial charge < -0.3 is 10.6 Å². The van der Waals surface area contributed by atoms with Gasteiger partial charge >= 0.3 is 5.69 Å². The van der Waals surface area contributed by atoms with Gasteiger partial charge in [-0.3, -0.25) is 10.1 Å². The molecule has 3 rings (SSSR count).